The summed E-state index contributed by atoms with van der Waals surface area (Å²) >= 11 is 0. The van der Waals surface area contributed by atoms with Gasteiger partial charge in [0.05, 0.1) is 6.10 Å². The highest BCUT2D eigenvalue weighted by Crippen LogP contribution is 2.19. The van der Waals surface area contributed by atoms with E-state index in [0.29, 0.717) is 0 Å². The molecule has 4 heteroatoms. The molecule has 1 aliphatic rings. The van der Waals surface area contributed by atoms with Gasteiger partial charge in [-0.15, -0.1) is 0 Å². The van der Waals surface area contributed by atoms with Crippen LogP contribution in [0.1, 0.15) is 45.4 Å². The van der Waals surface area contributed by atoms with Crippen molar-refractivity contribution in [2.75, 3.05) is 6.54 Å². The molecule has 0 unspecified atom stereocenters. The number of hydrogen-bond donors (Lipinski definition) is 2. The van der Waals surface area contributed by atoms with Crippen LogP contribution in [0.5, 0.6) is 0 Å². The van der Waals surface area contributed by atoms with Crippen LogP contribution >= 0.6 is 0 Å². The summed E-state index contributed by atoms with van der Waals surface area (Å²) in [6.45, 7) is 2.81. The number of unbranched alkanes of at least 4 members (excludes halogenated alkanes) is 1. The Morgan fingerprint density at radius 2 is 2.14 bits per heavy atom. The molecule has 1 rings (SSSR count). The van der Waals surface area contributed by atoms with Gasteiger partial charge in [0.1, 0.15) is 0 Å². The van der Waals surface area contributed by atoms with Crippen molar-refractivity contribution in [1.29, 1.82) is 0 Å². The summed E-state index contributed by atoms with van der Waals surface area (Å²) in [6, 6.07) is -0.217. The number of carbonyl (C=O) groups is 1. The maximum Gasteiger partial charge on any atom is 0.338 e. The topological polar surface area (TPSA) is 50.4 Å². The second kappa shape index (κ2) is 6.65. The zero-order chi connectivity index (χ0) is 10.2. The van der Waals surface area contributed by atoms with Gasteiger partial charge in [-0.1, -0.05) is 26.2 Å². The maximum atomic E-state index is 11.1. The summed E-state index contributed by atoms with van der Waals surface area (Å²) in [5.41, 5.74) is 2.43. The molecule has 0 radical (unpaired) electrons. The van der Waals surface area contributed by atoms with E-state index in [1.807, 2.05) is 0 Å². The Labute approximate surface area is 85.3 Å². The molecule has 0 aliphatic heterocycles. The molecular weight excluding hydrogens is 180 g/mol. The molecule has 0 bridgehead atoms. The van der Waals surface area contributed by atoms with Crippen LogP contribution in [-0.4, -0.2) is 18.7 Å². The van der Waals surface area contributed by atoms with E-state index in [2.05, 4.69) is 17.7 Å². The van der Waals surface area contributed by atoms with Crippen molar-refractivity contribution in [2.45, 2.75) is 51.6 Å². The molecule has 1 fully saturated rings. The zero-order valence-electron chi connectivity index (χ0n) is 8.84. The second-order valence-corrected chi connectivity index (χ2v) is 3.74. The quantitative estimate of drug-likeness (QED) is 0.526. The van der Waals surface area contributed by atoms with E-state index in [0.717, 1.165) is 32.2 Å². The van der Waals surface area contributed by atoms with Gasteiger partial charge in [0, 0.05) is 6.54 Å². The Morgan fingerprint density at radius 3 is 2.79 bits per heavy atom. The van der Waals surface area contributed by atoms with E-state index in [4.69, 9.17) is 4.84 Å². The molecule has 0 spiro atoms. The highest BCUT2D eigenvalue weighted by atomic mass is 16.7. The van der Waals surface area contributed by atoms with Crippen molar-refractivity contribution in [2.24, 2.45) is 0 Å². The largest absolute Gasteiger partial charge is 0.338 e. The third-order valence-corrected chi connectivity index (χ3v) is 2.44. The van der Waals surface area contributed by atoms with Gasteiger partial charge in [-0.2, -0.15) is 0 Å². The minimum Gasteiger partial charge on any atom is -0.336 e. The average molecular weight is 200 g/mol. The highest BCUT2D eigenvalue weighted by Gasteiger charge is 2.16. The molecule has 2 N–H and O–H groups in total. The Balaban J connectivity index is 1.96. The lowest BCUT2D eigenvalue weighted by molar-refractivity contribution is 0.000227. The third kappa shape index (κ3) is 4.46. The monoisotopic (exact) mass is 200 g/mol. The highest BCUT2D eigenvalue weighted by molar-refractivity contribution is 5.72. The fraction of sp³-hybridized carbons (Fsp3) is 0.900. The smallest absolute Gasteiger partial charge is 0.336 e. The van der Waals surface area contributed by atoms with Crippen molar-refractivity contribution >= 4 is 6.03 Å². The van der Waals surface area contributed by atoms with Crippen molar-refractivity contribution < 1.29 is 9.63 Å². The van der Waals surface area contributed by atoms with Crippen LogP contribution in [0.25, 0.3) is 0 Å². The van der Waals surface area contributed by atoms with Gasteiger partial charge in [-0.05, 0) is 19.3 Å². The van der Waals surface area contributed by atoms with Crippen molar-refractivity contribution in [1.82, 2.24) is 10.8 Å². The Hall–Kier alpha value is -0.770. The molecule has 1 saturated carbocycles. The Bertz CT molecular complexity index is 168. The lowest BCUT2D eigenvalue weighted by Crippen LogP contribution is -2.37. The van der Waals surface area contributed by atoms with Crippen molar-refractivity contribution in [3.05, 3.63) is 0 Å². The molecule has 0 saturated heterocycles. The summed E-state index contributed by atoms with van der Waals surface area (Å²) in [6.07, 6.45) is 6.88. The molecule has 0 heterocycles. The normalized spacial score (nSPS) is 16.9. The number of hydrogen-bond acceptors (Lipinski definition) is 2. The molecular formula is C10H20N2O2. The number of urea groups is 1. The molecule has 0 aromatic carbocycles. The standard InChI is InChI=1S/C10H20N2O2/c1-2-3-8-11-10(13)12-14-9-6-4-5-7-9/h9H,2-8H2,1H3,(H2,11,12,13). The fourth-order valence-electron chi connectivity index (χ4n) is 1.56. The van der Waals surface area contributed by atoms with Crippen molar-refractivity contribution in [3.63, 3.8) is 0 Å². The number of carbonyl (C=O) groups excluding carboxylic acids is 1. The van der Waals surface area contributed by atoms with Crippen molar-refractivity contribution in [3.8, 4) is 0 Å². The second-order valence-electron chi connectivity index (χ2n) is 3.74. The van der Waals surface area contributed by atoms with Crippen LogP contribution < -0.4 is 10.8 Å². The predicted octanol–water partition coefficient (Wildman–Crippen LogP) is 1.96. The van der Waals surface area contributed by atoms with Gasteiger partial charge in [0.2, 0.25) is 0 Å². The molecule has 0 aromatic rings. The van der Waals surface area contributed by atoms with Gasteiger partial charge in [0.15, 0.2) is 0 Å². The fourth-order valence-corrected chi connectivity index (χ4v) is 1.56. The Morgan fingerprint density at radius 1 is 1.43 bits per heavy atom. The SMILES string of the molecule is CCCCNC(=O)NOC1CCCC1. The molecule has 4 nitrogen and oxygen atoms in total. The minimum absolute atomic E-state index is 0.217. The summed E-state index contributed by atoms with van der Waals surface area (Å²) in [5.74, 6) is 0. The maximum absolute atomic E-state index is 11.1. The van der Waals surface area contributed by atoms with Crippen LogP contribution in [-0.2, 0) is 4.84 Å². The van der Waals surface area contributed by atoms with E-state index in [1.165, 1.54) is 12.8 Å². The first-order chi connectivity index (χ1) is 6.83. The lowest BCUT2D eigenvalue weighted by Gasteiger charge is -2.11. The van der Waals surface area contributed by atoms with Gasteiger partial charge < -0.3 is 5.32 Å². The molecule has 0 aromatic heterocycles. The van der Waals surface area contributed by atoms with E-state index in [1.54, 1.807) is 0 Å². The average Bonchev–Trinajstić information content (AvgIpc) is 2.68. The van der Waals surface area contributed by atoms with Crippen LogP contribution in [0.2, 0.25) is 0 Å². The third-order valence-electron chi connectivity index (χ3n) is 2.44. The molecule has 2 amide bonds. The molecule has 14 heavy (non-hydrogen) atoms. The van der Waals surface area contributed by atoms with Crippen LogP contribution in [0.4, 0.5) is 4.79 Å². The summed E-state index contributed by atoms with van der Waals surface area (Å²) in [4.78, 5) is 16.4. The first kappa shape index (κ1) is 11.3. The van der Waals surface area contributed by atoms with Gasteiger partial charge in [-0.25, -0.2) is 10.3 Å². The first-order valence-corrected chi connectivity index (χ1v) is 5.52. The zero-order valence-corrected chi connectivity index (χ0v) is 8.84. The lowest BCUT2D eigenvalue weighted by atomic mass is 10.3. The van der Waals surface area contributed by atoms with E-state index in [-0.39, 0.29) is 12.1 Å². The van der Waals surface area contributed by atoms with E-state index < -0.39 is 0 Å². The van der Waals surface area contributed by atoms with Crippen LogP contribution in [0.15, 0.2) is 0 Å². The van der Waals surface area contributed by atoms with Gasteiger partial charge in [-0.3, -0.25) is 4.84 Å². The van der Waals surface area contributed by atoms with Gasteiger partial charge in [0.25, 0.3) is 0 Å². The Kier molecular flexibility index (Phi) is 5.37. The summed E-state index contributed by atoms with van der Waals surface area (Å²) in [5, 5.41) is 2.73. The van der Waals surface area contributed by atoms with Crippen LogP contribution in [0, 0.1) is 0 Å². The van der Waals surface area contributed by atoms with Crippen LogP contribution in [0.3, 0.4) is 0 Å². The number of amides is 2. The van der Waals surface area contributed by atoms with E-state index in [9.17, 15) is 4.79 Å². The number of hydroxylamine groups is 1. The minimum atomic E-state index is -0.217. The first-order valence-electron chi connectivity index (χ1n) is 5.52. The predicted molar refractivity (Wildman–Crippen MR) is 54.8 cm³/mol. The molecule has 82 valence electrons. The van der Waals surface area contributed by atoms with Gasteiger partial charge >= 0.3 is 6.03 Å². The summed E-state index contributed by atoms with van der Waals surface area (Å²) in [7, 11) is 0. The van der Waals surface area contributed by atoms with E-state index >= 15 is 0 Å². The number of rotatable bonds is 5. The molecule has 1 aliphatic carbocycles. The number of nitrogens with one attached hydrogen (secondary N) is 2. The summed E-state index contributed by atoms with van der Waals surface area (Å²) < 4.78 is 0. The molecule has 0 atom stereocenters.